The summed E-state index contributed by atoms with van der Waals surface area (Å²) in [5, 5.41) is 9.75. The van der Waals surface area contributed by atoms with Crippen molar-refractivity contribution in [2.75, 3.05) is 0 Å². The summed E-state index contributed by atoms with van der Waals surface area (Å²) < 4.78 is 8.37. The molecule has 5 nitrogen and oxygen atoms in total. The summed E-state index contributed by atoms with van der Waals surface area (Å²) in [6.45, 7) is 2.42. The van der Waals surface area contributed by atoms with Crippen LogP contribution in [-0.2, 0) is 13.0 Å². The van der Waals surface area contributed by atoms with Crippen LogP contribution in [0.2, 0.25) is 0 Å². The van der Waals surface area contributed by atoms with Crippen molar-refractivity contribution in [1.82, 2.24) is 4.57 Å². The lowest BCUT2D eigenvalue weighted by Crippen LogP contribution is -2.33. The van der Waals surface area contributed by atoms with Gasteiger partial charge in [-0.2, -0.15) is 5.26 Å². The molecule has 1 aliphatic rings. The van der Waals surface area contributed by atoms with Gasteiger partial charge >= 0.3 is 0 Å². The second-order valence-corrected chi connectivity index (χ2v) is 8.15. The molecule has 0 bridgehead atoms. The van der Waals surface area contributed by atoms with Crippen LogP contribution in [-0.4, -0.2) is 4.57 Å². The number of allylic oxidation sites excluding steroid dienone is 1. The molecule has 2 heterocycles. The highest BCUT2D eigenvalue weighted by atomic mass is 79.9. The SMILES string of the molecule is Cc1cc2c(c(=O)n1CCc1ccccc1)C(c1ccc(Br)cc1)C(C#N)=C(N)O2. The first-order chi connectivity index (χ1) is 14.5. The lowest BCUT2D eigenvalue weighted by Gasteiger charge is -2.27. The van der Waals surface area contributed by atoms with Crippen LogP contribution >= 0.6 is 15.9 Å². The predicted octanol–water partition coefficient (Wildman–Crippen LogP) is 4.38. The molecule has 1 unspecified atom stereocenters. The molecule has 2 aromatic carbocycles. The third-order valence-corrected chi connectivity index (χ3v) is 5.89. The topological polar surface area (TPSA) is 81.0 Å². The molecular weight excluding hydrogens is 442 g/mol. The van der Waals surface area contributed by atoms with Gasteiger partial charge in [0.15, 0.2) is 0 Å². The molecule has 1 atom stereocenters. The van der Waals surface area contributed by atoms with Crippen LogP contribution in [0.1, 0.15) is 28.3 Å². The minimum atomic E-state index is -0.567. The molecule has 0 aliphatic carbocycles. The quantitative estimate of drug-likeness (QED) is 0.624. The van der Waals surface area contributed by atoms with Gasteiger partial charge in [-0.3, -0.25) is 4.79 Å². The first-order valence-electron chi connectivity index (χ1n) is 9.61. The Hall–Kier alpha value is -3.30. The maximum atomic E-state index is 13.6. The summed E-state index contributed by atoms with van der Waals surface area (Å²) >= 11 is 3.43. The molecular formula is C24H20BrN3O2. The first kappa shape index (κ1) is 20.0. The Morgan fingerprint density at radius 2 is 1.87 bits per heavy atom. The van der Waals surface area contributed by atoms with E-state index in [9.17, 15) is 10.1 Å². The fraction of sp³-hybridized carbons (Fsp3) is 0.167. The number of hydrogen-bond acceptors (Lipinski definition) is 4. The summed E-state index contributed by atoms with van der Waals surface area (Å²) in [6.07, 6.45) is 0.729. The molecule has 2 N–H and O–H groups in total. The van der Waals surface area contributed by atoms with E-state index in [0.29, 0.717) is 17.9 Å². The number of nitrogens with two attached hydrogens (primary N) is 1. The molecule has 6 heteroatoms. The van der Waals surface area contributed by atoms with Crippen LogP contribution in [0, 0.1) is 18.3 Å². The second kappa shape index (κ2) is 8.21. The van der Waals surface area contributed by atoms with Gasteiger partial charge in [0, 0.05) is 22.8 Å². The van der Waals surface area contributed by atoms with Gasteiger partial charge in [0.05, 0.1) is 11.5 Å². The summed E-state index contributed by atoms with van der Waals surface area (Å²) in [5.41, 5.74) is 9.35. The monoisotopic (exact) mass is 461 g/mol. The Balaban J connectivity index is 1.83. The molecule has 3 aromatic rings. The van der Waals surface area contributed by atoms with E-state index in [-0.39, 0.29) is 17.0 Å². The van der Waals surface area contributed by atoms with Crippen molar-refractivity contribution in [3.63, 3.8) is 0 Å². The van der Waals surface area contributed by atoms with E-state index in [1.165, 1.54) is 0 Å². The zero-order valence-corrected chi connectivity index (χ0v) is 18.0. The fourth-order valence-corrected chi connectivity index (χ4v) is 4.10. The molecule has 150 valence electrons. The van der Waals surface area contributed by atoms with E-state index in [1.807, 2.05) is 67.6 Å². The molecule has 0 spiro atoms. The summed E-state index contributed by atoms with van der Waals surface area (Å²) in [4.78, 5) is 13.6. The van der Waals surface area contributed by atoms with Crippen LogP contribution in [0.25, 0.3) is 0 Å². The predicted molar refractivity (Wildman–Crippen MR) is 119 cm³/mol. The highest BCUT2D eigenvalue weighted by molar-refractivity contribution is 9.10. The highest BCUT2D eigenvalue weighted by Gasteiger charge is 2.34. The van der Waals surface area contributed by atoms with E-state index in [0.717, 1.165) is 27.7 Å². The first-order valence-corrected chi connectivity index (χ1v) is 10.4. The lowest BCUT2D eigenvalue weighted by atomic mass is 9.84. The van der Waals surface area contributed by atoms with Crippen molar-refractivity contribution < 1.29 is 4.74 Å². The summed E-state index contributed by atoms with van der Waals surface area (Å²) in [5.74, 6) is -0.112. The van der Waals surface area contributed by atoms with Crippen molar-refractivity contribution in [1.29, 1.82) is 5.26 Å². The van der Waals surface area contributed by atoms with E-state index in [2.05, 4.69) is 22.0 Å². The zero-order chi connectivity index (χ0) is 21.3. The molecule has 30 heavy (non-hydrogen) atoms. The van der Waals surface area contributed by atoms with Gasteiger partial charge in [-0.05, 0) is 36.6 Å². The third kappa shape index (κ3) is 3.64. The normalized spacial score (nSPS) is 15.3. The second-order valence-electron chi connectivity index (χ2n) is 7.23. The zero-order valence-electron chi connectivity index (χ0n) is 16.4. The Labute approximate surface area is 183 Å². The Morgan fingerprint density at radius 1 is 1.17 bits per heavy atom. The number of halogens is 1. The average Bonchev–Trinajstić information content (AvgIpc) is 2.74. The number of hydrogen-bond donors (Lipinski definition) is 1. The van der Waals surface area contributed by atoms with Crippen molar-refractivity contribution >= 4 is 15.9 Å². The molecule has 1 aliphatic heterocycles. The van der Waals surface area contributed by atoms with Crippen molar-refractivity contribution in [2.45, 2.75) is 25.8 Å². The van der Waals surface area contributed by atoms with Gasteiger partial charge in [-0.25, -0.2) is 0 Å². The van der Waals surface area contributed by atoms with Gasteiger partial charge < -0.3 is 15.0 Å². The average molecular weight is 462 g/mol. The van der Waals surface area contributed by atoms with E-state index in [4.69, 9.17) is 10.5 Å². The van der Waals surface area contributed by atoms with Gasteiger partial charge in [-0.1, -0.05) is 58.4 Å². The minimum absolute atomic E-state index is 0.0405. The largest absolute Gasteiger partial charge is 0.440 e. The van der Waals surface area contributed by atoms with Crippen LogP contribution < -0.4 is 16.0 Å². The Morgan fingerprint density at radius 3 is 2.53 bits per heavy atom. The number of fused-ring (bicyclic) bond motifs is 1. The number of nitriles is 1. The van der Waals surface area contributed by atoms with E-state index in [1.54, 1.807) is 4.57 Å². The highest BCUT2D eigenvalue weighted by Crippen LogP contribution is 2.40. The summed E-state index contributed by atoms with van der Waals surface area (Å²) in [6, 6.07) is 21.6. The minimum Gasteiger partial charge on any atom is -0.440 e. The van der Waals surface area contributed by atoms with Crippen LogP contribution in [0.15, 0.2) is 81.4 Å². The number of benzene rings is 2. The van der Waals surface area contributed by atoms with Crippen molar-refractivity contribution in [3.8, 4) is 11.8 Å². The molecule has 4 rings (SSSR count). The van der Waals surface area contributed by atoms with E-state index >= 15 is 0 Å². The van der Waals surface area contributed by atoms with E-state index < -0.39 is 5.92 Å². The maximum Gasteiger partial charge on any atom is 0.258 e. The molecule has 0 amide bonds. The fourth-order valence-electron chi connectivity index (χ4n) is 3.84. The smallest absolute Gasteiger partial charge is 0.258 e. The standard InChI is InChI=1S/C24H20BrN3O2/c1-15-13-20-22(24(29)28(15)12-11-16-5-3-2-4-6-16)21(19(14-26)23(27)30-20)17-7-9-18(25)10-8-17/h2-10,13,21H,11-12,27H2,1H3. The van der Waals surface area contributed by atoms with Gasteiger partial charge in [0.25, 0.3) is 5.56 Å². The third-order valence-electron chi connectivity index (χ3n) is 5.36. The molecule has 1 aromatic heterocycles. The Bertz CT molecular complexity index is 1220. The number of nitrogens with zero attached hydrogens (tertiary/aromatic N) is 2. The molecule has 0 fully saturated rings. The van der Waals surface area contributed by atoms with Gasteiger partial charge in [-0.15, -0.1) is 0 Å². The van der Waals surface area contributed by atoms with Crippen molar-refractivity contribution in [3.05, 3.63) is 109 Å². The number of ether oxygens (including phenoxy) is 1. The van der Waals surface area contributed by atoms with Crippen molar-refractivity contribution in [2.24, 2.45) is 5.73 Å². The number of aryl methyl sites for hydroxylation is 2. The molecule has 0 saturated carbocycles. The molecule has 0 saturated heterocycles. The molecule has 0 radical (unpaired) electrons. The Kier molecular flexibility index (Phi) is 5.47. The lowest BCUT2D eigenvalue weighted by molar-refractivity contribution is 0.388. The van der Waals surface area contributed by atoms with Crippen LogP contribution in [0.4, 0.5) is 0 Å². The van der Waals surface area contributed by atoms with Crippen LogP contribution in [0.5, 0.6) is 5.75 Å². The summed E-state index contributed by atoms with van der Waals surface area (Å²) in [7, 11) is 0. The number of pyridine rings is 1. The number of rotatable bonds is 4. The van der Waals surface area contributed by atoms with Gasteiger partial charge in [0.2, 0.25) is 5.88 Å². The van der Waals surface area contributed by atoms with Gasteiger partial charge in [0.1, 0.15) is 17.4 Å². The van der Waals surface area contributed by atoms with Crippen LogP contribution in [0.3, 0.4) is 0 Å². The maximum absolute atomic E-state index is 13.6. The number of aromatic nitrogens is 1.